The highest BCUT2D eigenvalue weighted by molar-refractivity contribution is 7.16. The highest BCUT2D eigenvalue weighted by Gasteiger charge is 2.23. The first kappa shape index (κ1) is 18.1. The van der Waals surface area contributed by atoms with Crippen molar-refractivity contribution in [2.75, 3.05) is 26.2 Å². The van der Waals surface area contributed by atoms with E-state index in [0.717, 1.165) is 24.0 Å². The van der Waals surface area contributed by atoms with Crippen molar-refractivity contribution in [3.63, 3.8) is 0 Å². The molecule has 0 saturated carbocycles. The number of nitrogens with one attached hydrogen (secondary N) is 1. The third-order valence-electron chi connectivity index (χ3n) is 4.40. The van der Waals surface area contributed by atoms with Crippen LogP contribution in [0.4, 0.5) is 0 Å². The molecule has 1 aliphatic rings. The second kappa shape index (κ2) is 7.68. The van der Waals surface area contributed by atoms with Gasteiger partial charge in [-0.05, 0) is 26.0 Å². The summed E-state index contributed by atoms with van der Waals surface area (Å²) in [5, 5.41) is 0. The normalized spacial score (nSPS) is 15.6. The second-order valence-electron chi connectivity index (χ2n) is 6.25. The molecule has 0 aromatic carbocycles. The van der Waals surface area contributed by atoms with Gasteiger partial charge in [-0.2, -0.15) is 0 Å². The van der Waals surface area contributed by atoms with E-state index in [4.69, 9.17) is 11.6 Å². The van der Waals surface area contributed by atoms with Gasteiger partial charge in [-0.3, -0.25) is 14.5 Å². The first-order valence-electron chi connectivity index (χ1n) is 8.23. The largest absolute Gasteiger partial charge is 0.340 e. The van der Waals surface area contributed by atoms with Crippen molar-refractivity contribution in [3.05, 3.63) is 48.8 Å². The fraction of sp³-hybridized carbons (Fsp3) is 0.471. The number of aromatic amines is 1. The molecule has 3 heterocycles. The lowest BCUT2D eigenvalue weighted by atomic mass is 10.1. The maximum atomic E-state index is 12.5. The van der Waals surface area contributed by atoms with Crippen molar-refractivity contribution in [1.82, 2.24) is 19.8 Å². The Morgan fingerprint density at radius 3 is 2.60 bits per heavy atom. The molecule has 2 aromatic rings. The molecule has 0 radical (unpaired) electrons. The highest BCUT2D eigenvalue weighted by Crippen LogP contribution is 2.23. The third-order valence-corrected chi connectivity index (χ3v) is 5.62. The van der Waals surface area contributed by atoms with E-state index in [2.05, 4.69) is 14.9 Å². The van der Waals surface area contributed by atoms with E-state index in [1.54, 1.807) is 25.2 Å². The number of carbonyl (C=O) groups excluding carboxylic acids is 1. The summed E-state index contributed by atoms with van der Waals surface area (Å²) >= 11 is 7.56. The van der Waals surface area contributed by atoms with Gasteiger partial charge >= 0.3 is 0 Å². The highest BCUT2D eigenvalue weighted by atomic mass is 35.5. The molecule has 0 atom stereocenters. The van der Waals surface area contributed by atoms with Crippen molar-refractivity contribution in [2.24, 2.45) is 0 Å². The van der Waals surface area contributed by atoms with E-state index in [9.17, 15) is 9.59 Å². The summed E-state index contributed by atoms with van der Waals surface area (Å²) in [5.74, 6) is 0.555. The van der Waals surface area contributed by atoms with Gasteiger partial charge in [0, 0.05) is 48.9 Å². The number of aryl methyl sites for hydroxylation is 2. The quantitative estimate of drug-likeness (QED) is 0.880. The topological polar surface area (TPSA) is 69.3 Å². The zero-order chi connectivity index (χ0) is 18.0. The van der Waals surface area contributed by atoms with E-state index < -0.39 is 0 Å². The predicted octanol–water partition coefficient (Wildman–Crippen LogP) is 1.99. The van der Waals surface area contributed by atoms with Gasteiger partial charge in [-0.1, -0.05) is 11.6 Å². The predicted molar refractivity (Wildman–Crippen MR) is 99.2 cm³/mol. The molecular weight excluding hydrogens is 360 g/mol. The van der Waals surface area contributed by atoms with Gasteiger partial charge in [0.05, 0.1) is 10.8 Å². The van der Waals surface area contributed by atoms with Gasteiger partial charge in [0.2, 0.25) is 5.91 Å². The van der Waals surface area contributed by atoms with E-state index in [1.165, 1.54) is 4.88 Å². The molecule has 0 unspecified atom stereocenters. The van der Waals surface area contributed by atoms with E-state index >= 15 is 0 Å². The summed E-state index contributed by atoms with van der Waals surface area (Å²) < 4.78 is 0.802. The maximum absolute atomic E-state index is 12.5. The first-order valence-corrected chi connectivity index (χ1v) is 9.42. The van der Waals surface area contributed by atoms with Gasteiger partial charge < -0.3 is 9.88 Å². The zero-order valence-corrected chi connectivity index (χ0v) is 15.9. The fourth-order valence-electron chi connectivity index (χ4n) is 3.03. The third kappa shape index (κ3) is 4.48. The van der Waals surface area contributed by atoms with E-state index in [0.29, 0.717) is 30.2 Å². The Kier molecular flexibility index (Phi) is 5.56. The van der Waals surface area contributed by atoms with Crippen molar-refractivity contribution in [3.8, 4) is 0 Å². The number of nitrogens with zero attached hydrogens (tertiary/aromatic N) is 3. The van der Waals surface area contributed by atoms with E-state index in [1.807, 2.05) is 17.0 Å². The molecule has 1 amide bonds. The molecule has 1 aliphatic heterocycles. The number of thiophene rings is 1. The Labute approximate surface area is 155 Å². The van der Waals surface area contributed by atoms with Gasteiger partial charge in [0.15, 0.2) is 0 Å². The SMILES string of the molecule is Cc1nc(C)c(CC(=O)N2CCN(Cc3ccc(Cl)s3)CC2)c(=O)[nH]1. The van der Waals surface area contributed by atoms with Crippen molar-refractivity contribution >= 4 is 28.8 Å². The minimum atomic E-state index is -0.216. The smallest absolute Gasteiger partial charge is 0.254 e. The Bertz CT molecular complexity index is 824. The molecule has 1 N–H and O–H groups in total. The number of hydrogen-bond acceptors (Lipinski definition) is 5. The van der Waals surface area contributed by atoms with Crippen molar-refractivity contribution in [1.29, 1.82) is 0 Å². The molecule has 8 heteroatoms. The average Bonchev–Trinajstić information content (AvgIpc) is 2.96. The van der Waals surface area contributed by atoms with Crippen LogP contribution in [0.2, 0.25) is 4.34 Å². The number of rotatable bonds is 4. The van der Waals surface area contributed by atoms with Gasteiger partial charge in [-0.15, -0.1) is 11.3 Å². The van der Waals surface area contributed by atoms with Crippen LogP contribution in [0.3, 0.4) is 0 Å². The van der Waals surface area contributed by atoms with Crippen molar-refractivity contribution in [2.45, 2.75) is 26.8 Å². The monoisotopic (exact) mass is 380 g/mol. The minimum absolute atomic E-state index is 0.0157. The summed E-state index contributed by atoms with van der Waals surface area (Å²) in [6.07, 6.45) is 0.106. The second-order valence-corrected chi connectivity index (χ2v) is 8.05. The molecule has 134 valence electrons. The van der Waals surface area contributed by atoms with Gasteiger partial charge in [0.25, 0.3) is 5.56 Å². The number of H-pyrrole nitrogens is 1. The van der Waals surface area contributed by atoms with Gasteiger partial charge in [0.1, 0.15) is 5.82 Å². The van der Waals surface area contributed by atoms with Crippen LogP contribution in [0.25, 0.3) is 0 Å². The van der Waals surface area contributed by atoms with E-state index in [-0.39, 0.29) is 17.9 Å². The Balaban J connectivity index is 1.56. The lowest BCUT2D eigenvalue weighted by Gasteiger charge is -2.34. The Hall–Kier alpha value is -1.70. The number of piperazine rings is 1. The average molecular weight is 381 g/mol. The number of halogens is 1. The molecule has 2 aromatic heterocycles. The molecular formula is C17H21ClN4O2S. The lowest BCUT2D eigenvalue weighted by Crippen LogP contribution is -2.49. The number of hydrogen-bond donors (Lipinski definition) is 1. The zero-order valence-electron chi connectivity index (χ0n) is 14.3. The summed E-state index contributed by atoms with van der Waals surface area (Å²) in [4.78, 5) is 36.9. The molecule has 3 rings (SSSR count). The summed E-state index contributed by atoms with van der Waals surface area (Å²) in [6, 6.07) is 3.96. The Morgan fingerprint density at radius 1 is 1.28 bits per heavy atom. The van der Waals surface area contributed by atoms with Crippen LogP contribution in [-0.4, -0.2) is 51.9 Å². The Morgan fingerprint density at radius 2 is 2.00 bits per heavy atom. The van der Waals surface area contributed by atoms with Crippen LogP contribution in [0.1, 0.15) is 22.0 Å². The molecule has 0 bridgehead atoms. The summed E-state index contributed by atoms with van der Waals surface area (Å²) in [7, 11) is 0. The fourth-order valence-corrected chi connectivity index (χ4v) is 4.16. The molecule has 0 aliphatic carbocycles. The van der Waals surface area contributed by atoms with Crippen LogP contribution in [0.5, 0.6) is 0 Å². The molecule has 0 spiro atoms. The van der Waals surface area contributed by atoms with Crippen LogP contribution in [0, 0.1) is 13.8 Å². The molecule has 6 nitrogen and oxygen atoms in total. The number of carbonyl (C=O) groups is 1. The lowest BCUT2D eigenvalue weighted by molar-refractivity contribution is -0.132. The van der Waals surface area contributed by atoms with Crippen LogP contribution in [-0.2, 0) is 17.8 Å². The number of aromatic nitrogens is 2. The van der Waals surface area contributed by atoms with Crippen LogP contribution < -0.4 is 5.56 Å². The minimum Gasteiger partial charge on any atom is -0.340 e. The molecule has 25 heavy (non-hydrogen) atoms. The van der Waals surface area contributed by atoms with Crippen LogP contribution in [0.15, 0.2) is 16.9 Å². The summed E-state index contributed by atoms with van der Waals surface area (Å²) in [5.41, 5.74) is 0.876. The number of amides is 1. The standard InChI is InChI=1S/C17H21ClN4O2S/c1-11-14(17(24)20-12(2)19-11)9-16(23)22-7-5-21(6-8-22)10-13-3-4-15(18)25-13/h3-4H,5-10H2,1-2H3,(H,19,20,24). The first-order chi connectivity index (χ1) is 11.9. The van der Waals surface area contributed by atoms with Crippen molar-refractivity contribution < 1.29 is 4.79 Å². The van der Waals surface area contributed by atoms with Gasteiger partial charge in [-0.25, -0.2) is 4.98 Å². The molecule has 1 saturated heterocycles. The molecule has 1 fully saturated rings. The summed E-state index contributed by atoms with van der Waals surface area (Å²) in [6.45, 7) is 7.36. The maximum Gasteiger partial charge on any atom is 0.254 e. The van der Waals surface area contributed by atoms with Crippen LogP contribution >= 0.6 is 22.9 Å².